The van der Waals surface area contributed by atoms with Crippen molar-refractivity contribution in [3.63, 3.8) is 0 Å². The molecule has 0 aliphatic carbocycles. The van der Waals surface area contributed by atoms with E-state index in [4.69, 9.17) is 0 Å². The monoisotopic (exact) mass is 234 g/mol. The van der Waals surface area contributed by atoms with E-state index in [0.29, 0.717) is 0 Å². The SMILES string of the molecule is CSc1cccc(-c2nn(C)c(O)c2C)c1. The first-order valence-corrected chi connectivity index (χ1v) is 6.23. The molecule has 84 valence electrons. The molecule has 1 aromatic carbocycles. The molecule has 16 heavy (non-hydrogen) atoms. The minimum absolute atomic E-state index is 0.226. The Morgan fingerprint density at radius 3 is 2.69 bits per heavy atom. The third-order valence-corrected chi connectivity index (χ3v) is 3.32. The maximum atomic E-state index is 9.71. The van der Waals surface area contributed by atoms with Crippen LogP contribution in [0.15, 0.2) is 29.2 Å². The summed E-state index contributed by atoms with van der Waals surface area (Å²) in [7, 11) is 1.74. The van der Waals surface area contributed by atoms with E-state index < -0.39 is 0 Å². The fourth-order valence-corrected chi connectivity index (χ4v) is 2.13. The number of thioether (sulfide) groups is 1. The first-order chi connectivity index (χ1) is 7.63. The predicted octanol–water partition coefficient (Wildman–Crippen LogP) is 2.82. The zero-order valence-corrected chi connectivity index (χ0v) is 10.4. The lowest BCUT2D eigenvalue weighted by Crippen LogP contribution is -1.89. The van der Waals surface area contributed by atoms with Gasteiger partial charge in [0, 0.05) is 23.1 Å². The number of aromatic nitrogens is 2. The minimum Gasteiger partial charge on any atom is -0.493 e. The van der Waals surface area contributed by atoms with Gasteiger partial charge in [0.15, 0.2) is 0 Å². The van der Waals surface area contributed by atoms with Gasteiger partial charge in [0.1, 0.15) is 0 Å². The lowest BCUT2D eigenvalue weighted by atomic mass is 10.1. The van der Waals surface area contributed by atoms with Crippen LogP contribution in [-0.2, 0) is 7.05 Å². The Bertz CT molecular complexity index is 520. The maximum absolute atomic E-state index is 9.71. The van der Waals surface area contributed by atoms with Crippen molar-refractivity contribution in [1.82, 2.24) is 9.78 Å². The fraction of sp³-hybridized carbons (Fsp3) is 0.250. The molecule has 0 atom stereocenters. The Labute approximate surface area is 99.1 Å². The van der Waals surface area contributed by atoms with Gasteiger partial charge in [0.05, 0.1) is 5.69 Å². The summed E-state index contributed by atoms with van der Waals surface area (Å²) in [5.41, 5.74) is 2.71. The number of nitrogens with zero attached hydrogens (tertiary/aromatic N) is 2. The molecule has 0 radical (unpaired) electrons. The maximum Gasteiger partial charge on any atom is 0.212 e. The highest BCUT2D eigenvalue weighted by Crippen LogP contribution is 2.30. The van der Waals surface area contributed by atoms with Crippen molar-refractivity contribution in [2.75, 3.05) is 6.26 Å². The summed E-state index contributed by atoms with van der Waals surface area (Å²) in [5, 5.41) is 14.0. The van der Waals surface area contributed by atoms with Gasteiger partial charge in [-0.05, 0) is 25.3 Å². The standard InChI is InChI=1S/C12H14N2OS/c1-8-11(13-14(2)12(8)15)9-5-4-6-10(7-9)16-3/h4-7,15H,1-3H3. The average molecular weight is 234 g/mol. The summed E-state index contributed by atoms with van der Waals surface area (Å²) in [5.74, 6) is 0.226. The molecular formula is C12H14N2OS. The summed E-state index contributed by atoms with van der Waals surface area (Å²) < 4.78 is 1.50. The lowest BCUT2D eigenvalue weighted by Gasteiger charge is -2.01. The van der Waals surface area contributed by atoms with Crippen molar-refractivity contribution in [1.29, 1.82) is 0 Å². The highest BCUT2D eigenvalue weighted by atomic mass is 32.2. The number of aryl methyl sites for hydroxylation is 1. The molecule has 0 amide bonds. The van der Waals surface area contributed by atoms with E-state index >= 15 is 0 Å². The molecule has 0 spiro atoms. The molecule has 0 bridgehead atoms. The van der Waals surface area contributed by atoms with Crippen LogP contribution in [0.2, 0.25) is 0 Å². The predicted molar refractivity (Wildman–Crippen MR) is 66.8 cm³/mol. The lowest BCUT2D eigenvalue weighted by molar-refractivity contribution is 0.416. The number of benzene rings is 1. The van der Waals surface area contributed by atoms with Gasteiger partial charge < -0.3 is 5.11 Å². The Morgan fingerprint density at radius 2 is 2.12 bits per heavy atom. The van der Waals surface area contributed by atoms with Crippen LogP contribution in [0.5, 0.6) is 5.88 Å². The van der Waals surface area contributed by atoms with E-state index in [9.17, 15) is 5.11 Å². The smallest absolute Gasteiger partial charge is 0.212 e. The normalized spacial score (nSPS) is 10.7. The van der Waals surface area contributed by atoms with Crippen LogP contribution in [-0.4, -0.2) is 21.1 Å². The van der Waals surface area contributed by atoms with Crippen LogP contribution in [0.3, 0.4) is 0 Å². The number of hydrogen-bond acceptors (Lipinski definition) is 3. The van der Waals surface area contributed by atoms with Crippen LogP contribution >= 0.6 is 11.8 Å². The Hall–Kier alpha value is -1.42. The summed E-state index contributed by atoms with van der Waals surface area (Å²) in [4.78, 5) is 1.20. The quantitative estimate of drug-likeness (QED) is 0.812. The van der Waals surface area contributed by atoms with Gasteiger partial charge in [-0.2, -0.15) is 5.10 Å². The average Bonchev–Trinajstić information content (AvgIpc) is 2.57. The van der Waals surface area contributed by atoms with Crippen molar-refractivity contribution in [3.8, 4) is 17.1 Å². The zero-order chi connectivity index (χ0) is 11.7. The molecule has 0 aliphatic rings. The number of rotatable bonds is 2. The van der Waals surface area contributed by atoms with Gasteiger partial charge in [0.25, 0.3) is 0 Å². The summed E-state index contributed by atoms with van der Waals surface area (Å²) >= 11 is 1.70. The van der Waals surface area contributed by atoms with Gasteiger partial charge in [-0.25, -0.2) is 4.68 Å². The zero-order valence-electron chi connectivity index (χ0n) is 9.56. The molecule has 0 fully saturated rings. The van der Waals surface area contributed by atoms with E-state index in [-0.39, 0.29) is 5.88 Å². The van der Waals surface area contributed by atoms with Crippen molar-refractivity contribution in [2.45, 2.75) is 11.8 Å². The molecular weight excluding hydrogens is 220 g/mol. The molecule has 2 rings (SSSR count). The van der Waals surface area contributed by atoms with Crippen LogP contribution in [0.4, 0.5) is 0 Å². The van der Waals surface area contributed by atoms with Gasteiger partial charge in [-0.1, -0.05) is 12.1 Å². The fourth-order valence-electron chi connectivity index (χ4n) is 1.67. The van der Waals surface area contributed by atoms with Crippen LogP contribution in [0, 0.1) is 6.92 Å². The second-order valence-electron chi connectivity index (χ2n) is 3.65. The van der Waals surface area contributed by atoms with Crippen molar-refractivity contribution < 1.29 is 5.11 Å². The van der Waals surface area contributed by atoms with Crippen molar-refractivity contribution >= 4 is 11.8 Å². The second kappa shape index (κ2) is 4.22. The largest absolute Gasteiger partial charge is 0.493 e. The van der Waals surface area contributed by atoms with Crippen molar-refractivity contribution in [2.24, 2.45) is 7.05 Å². The van der Waals surface area contributed by atoms with E-state index in [2.05, 4.69) is 17.2 Å². The molecule has 1 heterocycles. The van der Waals surface area contributed by atoms with Gasteiger partial charge >= 0.3 is 0 Å². The Balaban J connectivity index is 2.54. The molecule has 0 unspecified atom stereocenters. The Morgan fingerprint density at radius 1 is 1.38 bits per heavy atom. The minimum atomic E-state index is 0.226. The van der Waals surface area contributed by atoms with E-state index in [1.54, 1.807) is 18.8 Å². The molecule has 1 N–H and O–H groups in total. The van der Waals surface area contributed by atoms with Gasteiger partial charge in [-0.3, -0.25) is 0 Å². The highest BCUT2D eigenvalue weighted by molar-refractivity contribution is 7.98. The van der Waals surface area contributed by atoms with E-state index in [1.165, 1.54) is 9.58 Å². The molecule has 2 aromatic rings. The number of hydrogen-bond donors (Lipinski definition) is 1. The summed E-state index contributed by atoms with van der Waals surface area (Å²) in [6.45, 7) is 1.88. The van der Waals surface area contributed by atoms with Crippen LogP contribution < -0.4 is 0 Å². The van der Waals surface area contributed by atoms with Gasteiger partial charge in [-0.15, -0.1) is 11.8 Å². The third-order valence-electron chi connectivity index (χ3n) is 2.59. The topological polar surface area (TPSA) is 38.0 Å². The molecule has 1 aromatic heterocycles. The first kappa shape index (κ1) is 11.1. The third kappa shape index (κ3) is 1.80. The molecule has 0 saturated heterocycles. The Kier molecular flexibility index (Phi) is 2.92. The summed E-state index contributed by atoms with van der Waals surface area (Å²) in [6.07, 6.45) is 2.04. The van der Waals surface area contributed by atoms with Crippen LogP contribution in [0.1, 0.15) is 5.56 Å². The van der Waals surface area contributed by atoms with Crippen molar-refractivity contribution in [3.05, 3.63) is 29.8 Å². The van der Waals surface area contributed by atoms with E-state index in [1.807, 2.05) is 25.3 Å². The molecule has 0 saturated carbocycles. The molecule has 4 heteroatoms. The number of aromatic hydroxyl groups is 1. The van der Waals surface area contributed by atoms with Gasteiger partial charge in [0.2, 0.25) is 5.88 Å². The summed E-state index contributed by atoms with van der Waals surface area (Å²) in [6, 6.07) is 8.16. The van der Waals surface area contributed by atoms with E-state index in [0.717, 1.165) is 16.8 Å². The van der Waals surface area contributed by atoms with Crippen LogP contribution in [0.25, 0.3) is 11.3 Å². The highest BCUT2D eigenvalue weighted by Gasteiger charge is 2.12. The first-order valence-electron chi connectivity index (χ1n) is 5.00. The second-order valence-corrected chi connectivity index (χ2v) is 4.53. The molecule has 3 nitrogen and oxygen atoms in total. The molecule has 0 aliphatic heterocycles.